The Balaban J connectivity index is 1.35. The summed E-state index contributed by atoms with van der Waals surface area (Å²) in [4.78, 5) is 70.8. The van der Waals surface area contributed by atoms with Crippen molar-refractivity contribution in [1.29, 1.82) is 5.26 Å². The highest BCUT2D eigenvalue weighted by Gasteiger charge is 2.31. The zero-order chi connectivity index (χ0) is 39.0. The standard InChI is InChI=1S/C38H44N6O8S/c1-23-24(2)36(50)34(25(3)35(23)49)38(4,5)21-33(48)42(6)18-19-43(37(51)52-26-11-12-27-28(20-26)53-30(22-39)41-27)16-9-7-8-10-29(45)40-15-17-44-31(46)13-14-32(44)47/h11-14,20,49-50H,2-3,7-10,15-19,21H2,1,4-6H3,(H,40,45). The minimum atomic E-state index is -0.921. The molecule has 4 rings (SSSR count). The number of rotatable bonds is 16. The van der Waals surface area contributed by atoms with E-state index in [-0.39, 0.29) is 90.1 Å². The van der Waals surface area contributed by atoms with Crippen LogP contribution in [-0.2, 0) is 24.6 Å². The average Bonchev–Trinajstić information content (AvgIpc) is 3.68. The van der Waals surface area contributed by atoms with E-state index in [1.165, 1.54) is 33.3 Å². The Labute approximate surface area is 311 Å². The molecule has 53 heavy (non-hydrogen) atoms. The number of hydrogen-bond donors (Lipinski definition) is 3. The highest BCUT2D eigenvalue weighted by atomic mass is 32.1. The monoisotopic (exact) mass is 744 g/mol. The van der Waals surface area contributed by atoms with Crippen LogP contribution in [0.25, 0.3) is 23.4 Å². The molecule has 2 heterocycles. The van der Waals surface area contributed by atoms with Crippen molar-refractivity contribution in [3.63, 3.8) is 0 Å². The first-order chi connectivity index (χ1) is 25.0. The summed E-state index contributed by atoms with van der Waals surface area (Å²) in [5.74, 6) is -1.24. The van der Waals surface area contributed by atoms with E-state index >= 15 is 0 Å². The first-order valence-electron chi connectivity index (χ1n) is 17.1. The van der Waals surface area contributed by atoms with Crippen LogP contribution in [0.2, 0.25) is 0 Å². The summed E-state index contributed by atoms with van der Waals surface area (Å²) in [6.45, 7) is 13.8. The molecule has 0 spiro atoms. The summed E-state index contributed by atoms with van der Waals surface area (Å²) < 4.78 is 6.39. The summed E-state index contributed by atoms with van der Waals surface area (Å²) in [6.07, 6.45) is 3.59. The summed E-state index contributed by atoms with van der Waals surface area (Å²) >= 11 is 1.18. The van der Waals surface area contributed by atoms with Gasteiger partial charge in [-0.3, -0.25) is 24.1 Å². The molecule has 0 saturated heterocycles. The normalized spacial score (nSPS) is 12.6. The van der Waals surface area contributed by atoms with Crippen molar-refractivity contribution in [2.45, 2.75) is 58.3 Å². The first-order valence-corrected chi connectivity index (χ1v) is 17.9. The molecule has 0 unspecified atom stereocenters. The summed E-state index contributed by atoms with van der Waals surface area (Å²) in [5.41, 5.74) is 0.431. The molecule has 1 aromatic heterocycles. The average molecular weight is 745 g/mol. The maximum atomic E-state index is 13.5. The van der Waals surface area contributed by atoms with Crippen LogP contribution in [0.4, 0.5) is 4.79 Å². The van der Waals surface area contributed by atoms with Crippen LogP contribution in [0.5, 0.6) is 17.2 Å². The molecule has 0 bridgehead atoms. The van der Waals surface area contributed by atoms with E-state index in [2.05, 4.69) is 23.5 Å². The van der Waals surface area contributed by atoms with Gasteiger partial charge in [0.15, 0.2) is 5.01 Å². The Morgan fingerprint density at radius 3 is 2.42 bits per heavy atom. The van der Waals surface area contributed by atoms with E-state index in [1.807, 2.05) is 6.07 Å². The van der Waals surface area contributed by atoms with Crippen molar-refractivity contribution < 1.29 is 38.9 Å². The molecule has 0 fully saturated rings. The van der Waals surface area contributed by atoms with Gasteiger partial charge in [0, 0.05) is 97.8 Å². The van der Waals surface area contributed by atoms with Crippen molar-refractivity contribution in [2.24, 2.45) is 0 Å². The predicted octanol–water partition coefficient (Wildman–Crippen LogP) is 2.94. The lowest BCUT2D eigenvalue weighted by Crippen LogP contribution is -2.42. The van der Waals surface area contributed by atoms with Crippen LogP contribution in [0.15, 0.2) is 30.4 Å². The van der Waals surface area contributed by atoms with E-state index in [0.29, 0.717) is 40.6 Å². The quantitative estimate of drug-likeness (QED) is 0.112. The number of nitriles is 1. The van der Waals surface area contributed by atoms with Gasteiger partial charge in [-0.2, -0.15) is 5.26 Å². The van der Waals surface area contributed by atoms with Crippen LogP contribution in [0, 0.1) is 18.3 Å². The van der Waals surface area contributed by atoms with Crippen LogP contribution in [0.1, 0.15) is 62.1 Å². The van der Waals surface area contributed by atoms with E-state index in [1.54, 1.807) is 46.0 Å². The van der Waals surface area contributed by atoms with E-state index in [4.69, 9.17) is 4.74 Å². The number of unbranched alkanes of at least 4 members (excludes halogenated alkanes) is 2. The van der Waals surface area contributed by atoms with Gasteiger partial charge in [-0.1, -0.05) is 33.4 Å². The van der Waals surface area contributed by atoms with Gasteiger partial charge in [-0.25, -0.2) is 9.78 Å². The third-order valence-electron chi connectivity index (χ3n) is 9.13. The van der Waals surface area contributed by atoms with Crippen molar-refractivity contribution in [3.05, 3.63) is 56.9 Å². The fraction of sp³-hybridized carbons (Fsp3) is 0.395. The van der Waals surface area contributed by atoms with E-state index in [9.17, 15) is 39.4 Å². The molecule has 15 heteroatoms. The van der Waals surface area contributed by atoms with E-state index < -0.39 is 23.3 Å². The first kappa shape index (κ1) is 40.0. The fourth-order valence-corrected chi connectivity index (χ4v) is 6.76. The summed E-state index contributed by atoms with van der Waals surface area (Å²) in [7, 11) is 1.61. The number of hydrogen-bond acceptors (Lipinski definition) is 11. The number of phenols is 2. The number of nitrogens with one attached hydrogen (secondary N) is 1. The molecule has 5 amide bonds. The Bertz CT molecular complexity index is 2090. The molecule has 280 valence electrons. The zero-order valence-electron chi connectivity index (χ0n) is 30.4. The lowest BCUT2D eigenvalue weighted by Gasteiger charge is -2.30. The number of imide groups is 1. The molecular formula is C38H44N6O8S. The van der Waals surface area contributed by atoms with Crippen LogP contribution < -0.4 is 20.5 Å². The predicted molar refractivity (Wildman–Crippen MR) is 199 cm³/mol. The highest BCUT2D eigenvalue weighted by Crippen LogP contribution is 2.32. The Morgan fingerprint density at radius 2 is 1.74 bits per heavy atom. The number of thiazole rings is 1. The SMILES string of the molecule is C=c1c(C)c(O)c(=C)c(C(C)(C)CC(=O)N(C)CCN(CCCCCC(=O)NCCN2C(=O)C=CC2=O)C(=O)Oc2ccc3nc(C#N)sc3c2)c1O. The molecule has 0 radical (unpaired) electrons. The number of carbonyl (C=O) groups excluding carboxylic acids is 5. The lowest BCUT2D eigenvalue weighted by molar-refractivity contribution is -0.137. The number of likely N-dealkylation sites (N-methyl/N-ethyl adjacent to an activating group) is 1. The van der Waals surface area contributed by atoms with Gasteiger partial charge in [0.2, 0.25) is 11.8 Å². The molecule has 0 saturated carbocycles. The number of nitrogens with zero attached hydrogens (tertiary/aromatic N) is 5. The number of benzene rings is 2. The van der Waals surface area contributed by atoms with Crippen LogP contribution in [0.3, 0.4) is 0 Å². The molecule has 2 aromatic carbocycles. The lowest BCUT2D eigenvalue weighted by atomic mass is 9.78. The van der Waals surface area contributed by atoms with Crippen molar-refractivity contribution in [3.8, 4) is 23.3 Å². The second kappa shape index (κ2) is 17.2. The molecule has 3 aromatic rings. The van der Waals surface area contributed by atoms with Gasteiger partial charge in [0.25, 0.3) is 11.8 Å². The minimum Gasteiger partial charge on any atom is -0.507 e. The zero-order valence-corrected chi connectivity index (χ0v) is 31.2. The van der Waals surface area contributed by atoms with Gasteiger partial charge in [0.05, 0.1) is 10.2 Å². The molecule has 14 nitrogen and oxygen atoms in total. The molecule has 0 atom stereocenters. The van der Waals surface area contributed by atoms with Crippen molar-refractivity contribution >= 4 is 64.4 Å². The summed E-state index contributed by atoms with van der Waals surface area (Å²) in [5, 5.41) is 34.1. The van der Waals surface area contributed by atoms with Crippen molar-refractivity contribution in [1.82, 2.24) is 25.0 Å². The number of ether oxygens (including phenoxy) is 1. The third kappa shape index (κ3) is 9.78. The number of aromatic nitrogens is 1. The van der Waals surface area contributed by atoms with Gasteiger partial charge < -0.3 is 30.1 Å². The largest absolute Gasteiger partial charge is 0.507 e. The van der Waals surface area contributed by atoms with Gasteiger partial charge >= 0.3 is 6.09 Å². The topological polar surface area (TPSA) is 193 Å². The molecule has 1 aliphatic rings. The van der Waals surface area contributed by atoms with Crippen molar-refractivity contribution in [2.75, 3.05) is 39.8 Å². The van der Waals surface area contributed by atoms with Gasteiger partial charge in [-0.15, -0.1) is 11.3 Å². The Hall–Kier alpha value is -5.75. The van der Waals surface area contributed by atoms with Gasteiger partial charge in [-0.05, 0) is 31.9 Å². The third-order valence-corrected chi connectivity index (χ3v) is 10.1. The second-order valence-electron chi connectivity index (χ2n) is 13.5. The highest BCUT2D eigenvalue weighted by molar-refractivity contribution is 7.19. The van der Waals surface area contributed by atoms with E-state index in [0.717, 1.165) is 4.90 Å². The number of fused-ring (bicyclic) bond motifs is 1. The summed E-state index contributed by atoms with van der Waals surface area (Å²) in [6, 6.07) is 6.90. The molecule has 3 N–H and O–H groups in total. The number of amides is 5. The fourth-order valence-electron chi connectivity index (χ4n) is 5.97. The molecular weight excluding hydrogens is 701 g/mol. The maximum Gasteiger partial charge on any atom is 0.415 e. The minimum absolute atomic E-state index is 0.0326. The van der Waals surface area contributed by atoms with Crippen LogP contribution in [-0.4, -0.2) is 99.4 Å². The van der Waals surface area contributed by atoms with Gasteiger partial charge in [0.1, 0.15) is 23.3 Å². The number of carbonyl (C=O) groups is 5. The number of phenolic OH excluding ortho intramolecular Hbond substituents is 2. The van der Waals surface area contributed by atoms with Crippen LogP contribution >= 0.6 is 11.3 Å². The Kier molecular flexibility index (Phi) is 13.0. The molecule has 0 aliphatic carbocycles. The molecule has 1 aliphatic heterocycles. The Morgan fingerprint density at radius 1 is 1.04 bits per heavy atom. The second-order valence-corrected chi connectivity index (χ2v) is 14.5. The smallest absolute Gasteiger partial charge is 0.415 e. The maximum absolute atomic E-state index is 13.5. The number of aromatic hydroxyl groups is 2.